The number of carbonyl (C=O) groups is 2. The molecule has 0 atom stereocenters. The van der Waals surface area contributed by atoms with Crippen LogP contribution in [0, 0.1) is 13.8 Å². The van der Waals surface area contributed by atoms with Crippen LogP contribution in [0.25, 0.3) is 21.5 Å². The second kappa shape index (κ2) is 12.5. The first kappa shape index (κ1) is 25.7. The highest BCUT2D eigenvalue weighted by Crippen LogP contribution is 2.35. The van der Waals surface area contributed by atoms with Gasteiger partial charge in [-0.15, -0.1) is 0 Å². The minimum atomic E-state index is -0.333. The van der Waals surface area contributed by atoms with Gasteiger partial charge in [-0.2, -0.15) is 0 Å². The number of unbranched alkanes of at least 4 members (excludes halogenated alkanes) is 6. The fraction of sp³-hybridized carbons (Fsp3) is 0.467. The van der Waals surface area contributed by atoms with Crippen molar-refractivity contribution in [1.82, 2.24) is 0 Å². The first-order valence-electron chi connectivity index (χ1n) is 12.8. The summed E-state index contributed by atoms with van der Waals surface area (Å²) >= 11 is 0. The average Bonchev–Trinajstić information content (AvgIpc) is 2.82. The fourth-order valence-corrected chi connectivity index (χ4v) is 4.43. The number of hydrogen-bond donors (Lipinski definition) is 0. The molecule has 0 unspecified atom stereocenters. The SMILES string of the molecule is CCCCCCOC(=O)c1c2ccc(C)cc2c(C(=O)OCCCCCC)c2ccc(C)cc12. The Labute approximate surface area is 203 Å². The lowest BCUT2D eigenvalue weighted by Crippen LogP contribution is -2.12. The summed E-state index contributed by atoms with van der Waals surface area (Å²) < 4.78 is 11.4. The van der Waals surface area contributed by atoms with Crippen LogP contribution in [0.15, 0.2) is 36.4 Å². The molecule has 0 aliphatic heterocycles. The van der Waals surface area contributed by atoms with Crippen molar-refractivity contribution in [2.75, 3.05) is 13.2 Å². The number of hydrogen-bond acceptors (Lipinski definition) is 4. The van der Waals surface area contributed by atoms with Gasteiger partial charge in [-0.25, -0.2) is 9.59 Å². The lowest BCUT2D eigenvalue weighted by atomic mass is 9.90. The Hall–Kier alpha value is -2.88. The maximum atomic E-state index is 13.3. The number of benzene rings is 3. The quantitative estimate of drug-likeness (QED) is 0.155. The van der Waals surface area contributed by atoms with E-state index in [0.29, 0.717) is 24.3 Å². The van der Waals surface area contributed by atoms with E-state index < -0.39 is 0 Å². The van der Waals surface area contributed by atoms with Crippen molar-refractivity contribution in [3.8, 4) is 0 Å². The molecular weight excluding hydrogens is 424 g/mol. The van der Waals surface area contributed by atoms with Crippen LogP contribution in [0.3, 0.4) is 0 Å². The highest BCUT2D eigenvalue weighted by Gasteiger charge is 2.24. The molecule has 3 aromatic rings. The predicted octanol–water partition coefficient (Wildman–Crippen LogP) is 8.08. The van der Waals surface area contributed by atoms with Crippen molar-refractivity contribution in [3.05, 3.63) is 58.7 Å². The summed E-state index contributed by atoms with van der Waals surface area (Å²) in [5, 5.41) is 2.96. The van der Waals surface area contributed by atoms with Gasteiger partial charge in [0.05, 0.1) is 24.3 Å². The lowest BCUT2D eigenvalue weighted by molar-refractivity contribution is 0.0490. The van der Waals surface area contributed by atoms with E-state index in [0.717, 1.165) is 84.0 Å². The van der Waals surface area contributed by atoms with Gasteiger partial charge in [0.1, 0.15) is 0 Å². The summed E-state index contributed by atoms with van der Waals surface area (Å²) in [6.45, 7) is 9.11. The number of ether oxygens (including phenoxy) is 2. The van der Waals surface area contributed by atoms with E-state index in [-0.39, 0.29) is 11.9 Å². The molecule has 0 heterocycles. The summed E-state index contributed by atoms with van der Waals surface area (Å²) in [5.41, 5.74) is 3.11. The molecule has 3 aromatic carbocycles. The van der Waals surface area contributed by atoms with Gasteiger partial charge in [0.25, 0.3) is 0 Å². The summed E-state index contributed by atoms with van der Waals surface area (Å²) in [5.74, 6) is -0.666. The van der Waals surface area contributed by atoms with Crippen molar-refractivity contribution in [2.45, 2.75) is 79.1 Å². The number of aryl methyl sites for hydroxylation is 2. The molecule has 3 rings (SSSR count). The van der Waals surface area contributed by atoms with E-state index in [1.807, 2.05) is 50.2 Å². The Kier molecular flexibility index (Phi) is 9.50. The zero-order valence-corrected chi connectivity index (χ0v) is 21.2. The second-order valence-corrected chi connectivity index (χ2v) is 9.24. The molecule has 0 fully saturated rings. The first-order chi connectivity index (χ1) is 16.5. The molecular formula is C30H38O4. The Morgan fingerprint density at radius 3 is 1.38 bits per heavy atom. The molecule has 0 saturated heterocycles. The molecule has 4 nitrogen and oxygen atoms in total. The van der Waals surface area contributed by atoms with E-state index in [4.69, 9.17) is 9.47 Å². The molecule has 182 valence electrons. The smallest absolute Gasteiger partial charge is 0.339 e. The van der Waals surface area contributed by atoms with E-state index >= 15 is 0 Å². The van der Waals surface area contributed by atoms with Crippen LogP contribution < -0.4 is 0 Å². The van der Waals surface area contributed by atoms with E-state index in [1.165, 1.54) is 0 Å². The normalized spacial score (nSPS) is 11.2. The van der Waals surface area contributed by atoms with E-state index in [1.54, 1.807) is 0 Å². The van der Waals surface area contributed by atoms with Crippen molar-refractivity contribution in [1.29, 1.82) is 0 Å². The van der Waals surface area contributed by atoms with Crippen molar-refractivity contribution in [3.63, 3.8) is 0 Å². The van der Waals surface area contributed by atoms with Crippen molar-refractivity contribution >= 4 is 33.5 Å². The number of carbonyl (C=O) groups excluding carboxylic acids is 2. The molecule has 0 aliphatic carbocycles. The first-order valence-corrected chi connectivity index (χ1v) is 12.8. The highest BCUT2D eigenvalue weighted by atomic mass is 16.5. The van der Waals surface area contributed by atoms with Gasteiger partial charge in [0.15, 0.2) is 0 Å². The van der Waals surface area contributed by atoms with Crippen LogP contribution in [-0.4, -0.2) is 25.2 Å². The standard InChI is InChI=1S/C30H38O4/c1-5-7-9-11-17-33-29(31)27-23-15-13-22(4)20-26(23)28(24-16-14-21(3)19-25(24)27)30(32)34-18-12-10-8-6-2/h13-16,19-20H,5-12,17-18H2,1-4H3. The number of fused-ring (bicyclic) bond motifs is 2. The van der Waals surface area contributed by atoms with Crippen molar-refractivity contribution < 1.29 is 19.1 Å². The lowest BCUT2D eigenvalue weighted by Gasteiger charge is -2.17. The third-order valence-corrected chi connectivity index (χ3v) is 6.30. The van der Waals surface area contributed by atoms with Gasteiger partial charge >= 0.3 is 11.9 Å². The van der Waals surface area contributed by atoms with Gasteiger partial charge in [0, 0.05) is 0 Å². The number of esters is 2. The molecule has 0 bridgehead atoms. The van der Waals surface area contributed by atoms with Crippen LogP contribution in [0.2, 0.25) is 0 Å². The Morgan fingerprint density at radius 2 is 1.00 bits per heavy atom. The van der Waals surface area contributed by atoms with Crippen LogP contribution in [-0.2, 0) is 9.47 Å². The average molecular weight is 463 g/mol. The van der Waals surface area contributed by atoms with Crippen LogP contribution in [0.5, 0.6) is 0 Å². The maximum absolute atomic E-state index is 13.3. The third-order valence-electron chi connectivity index (χ3n) is 6.30. The molecule has 0 N–H and O–H groups in total. The highest BCUT2D eigenvalue weighted by molar-refractivity contribution is 6.24. The minimum absolute atomic E-state index is 0.333. The summed E-state index contributed by atoms with van der Waals surface area (Å²) in [6.07, 6.45) is 8.36. The summed E-state index contributed by atoms with van der Waals surface area (Å²) in [4.78, 5) is 26.6. The van der Waals surface area contributed by atoms with E-state index in [2.05, 4.69) is 13.8 Å². The molecule has 0 aliphatic rings. The zero-order chi connectivity index (χ0) is 24.5. The zero-order valence-electron chi connectivity index (χ0n) is 21.2. The topological polar surface area (TPSA) is 52.6 Å². The molecule has 0 spiro atoms. The Bertz CT molecular complexity index is 1050. The third kappa shape index (κ3) is 6.16. The molecule has 0 aromatic heterocycles. The summed E-state index contributed by atoms with van der Waals surface area (Å²) in [6, 6.07) is 11.8. The minimum Gasteiger partial charge on any atom is -0.462 e. The maximum Gasteiger partial charge on any atom is 0.339 e. The second-order valence-electron chi connectivity index (χ2n) is 9.24. The van der Waals surface area contributed by atoms with Gasteiger partial charge < -0.3 is 9.47 Å². The Morgan fingerprint density at radius 1 is 0.588 bits per heavy atom. The number of rotatable bonds is 12. The molecule has 0 saturated carbocycles. The fourth-order valence-electron chi connectivity index (χ4n) is 4.43. The van der Waals surface area contributed by atoms with Gasteiger partial charge in [-0.05, 0) is 48.2 Å². The molecule has 4 heteroatoms. The van der Waals surface area contributed by atoms with Crippen LogP contribution in [0.4, 0.5) is 0 Å². The van der Waals surface area contributed by atoms with E-state index in [9.17, 15) is 9.59 Å². The largest absolute Gasteiger partial charge is 0.462 e. The van der Waals surface area contributed by atoms with Crippen LogP contribution >= 0.6 is 0 Å². The molecule has 34 heavy (non-hydrogen) atoms. The van der Waals surface area contributed by atoms with Crippen molar-refractivity contribution in [2.24, 2.45) is 0 Å². The molecule has 0 radical (unpaired) electrons. The summed E-state index contributed by atoms with van der Waals surface area (Å²) in [7, 11) is 0. The molecule has 0 amide bonds. The predicted molar refractivity (Wildman–Crippen MR) is 140 cm³/mol. The van der Waals surface area contributed by atoms with Crippen LogP contribution in [0.1, 0.15) is 97.1 Å². The van der Waals surface area contributed by atoms with Gasteiger partial charge in [0.2, 0.25) is 0 Å². The monoisotopic (exact) mass is 462 g/mol. The van der Waals surface area contributed by atoms with Gasteiger partial charge in [-0.1, -0.05) is 99.9 Å². The van der Waals surface area contributed by atoms with Gasteiger partial charge in [-0.3, -0.25) is 0 Å². The Balaban J connectivity index is 2.05.